The van der Waals surface area contributed by atoms with Gasteiger partial charge >= 0.3 is 0 Å². The van der Waals surface area contributed by atoms with E-state index >= 15 is 0 Å². The van der Waals surface area contributed by atoms with Crippen molar-refractivity contribution in [3.05, 3.63) is 69.3 Å². The first-order valence-corrected chi connectivity index (χ1v) is 7.32. The minimum atomic E-state index is -0.519. The van der Waals surface area contributed by atoms with Crippen LogP contribution in [0.3, 0.4) is 0 Å². The second-order valence-electron chi connectivity index (χ2n) is 4.96. The monoisotopic (exact) mass is 327 g/mol. The van der Waals surface area contributed by atoms with Crippen molar-refractivity contribution in [1.82, 2.24) is 5.43 Å². The van der Waals surface area contributed by atoms with Gasteiger partial charge in [0.15, 0.2) is 0 Å². The van der Waals surface area contributed by atoms with E-state index in [2.05, 4.69) is 10.5 Å². The fraction of sp³-hybridized carbons (Fsp3) is 0.176. The number of nitro benzene ring substituents is 1. The number of aryl methyl sites for hydroxylation is 1. The van der Waals surface area contributed by atoms with Crippen molar-refractivity contribution in [3.8, 4) is 5.75 Å². The lowest BCUT2D eigenvalue weighted by Gasteiger charge is -2.03. The van der Waals surface area contributed by atoms with E-state index in [0.29, 0.717) is 12.2 Å². The lowest BCUT2D eigenvalue weighted by Crippen LogP contribution is -2.17. The SMILES string of the molecule is CCOc1ccc(/C=N\NC(=O)c2ccc(C)c([N+](=O)[O-])c2)cc1. The number of nitrogens with one attached hydrogen (secondary N) is 1. The van der Waals surface area contributed by atoms with Crippen molar-refractivity contribution in [2.45, 2.75) is 13.8 Å². The maximum absolute atomic E-state index is 12.0. The summed E-state index contributed by atoms with van der Waals surface area (Å²) >= 11 is 0. The van der Waals surface area contributed by atoms with E-state index in [4.69, 9.17) is 4.74 Å². The number of hydrazone groups is 1. The molecule has 0 atom stereocenters. The van der Waals surface area contributed by atoms with E-state index < -0.39 is 10.8 Å². The number of hydrogen-bond donors (Lipinski definition) is 1. The Morgan fingerprint density at radius 2 is 2.00 bits per heavy atom. The van der Waals surface area contributed by atoms with Crippen LogP contribution < -0.4 is 10.2 Å². The van der Waals surface area contributed by atoms with Crippen LogP contribution in [0.5, 0.6) is 5.75 Å². The van der Waals surface area contributed by atoms with Gasteiger partial charge < -0.3 is 4.74 Å². The summed E-state index contributed by atoms with van der Waals surface area (Å²) in [5.74, 6) is 0.242. The number of rotatable bonds is 6. The zero-order valence-electron chi connectivity index (χ0n) is 13.4. The van der Waals surface area contributed by atoms with Crippen LogP contribution in [-0.2, 0) is 0 Å². The van der Waals surface area contributed by atoms with Crippen LogP contribution in [0.1, 0.15) is 28.4 Å². The number of nitrogens with zero attached hydrogens (tertiary/aromatic N) is 2. The molecule has 0 aliphatic rings. The van der Waals surface area contributed by atoms with Crippen LogP contribution in [0, 0.1) is 17.0 Å². The van der Waals surface area contributed by atoms with Gasteiger partial charge in [-0.3, -0.25) is 14.9 Å². The molecule has 0 bridgehead atoms. The molecular formula is C17H17N3O4. The van der Waals surface area contributed by atoms with Crippen LogP contribution in [0.2, 0.25) is 0 Å². The number of ether oxygens (including phenoxy) is 1. The summed E-state index contributed by atoms with van der Waals surface area (Å²) in [7, 11) is 0. The highest BCUT2D eigenvalue weighted by atomic mass is 16.6. The maximum atomic E-state index is 12.0. The van der Waals surface area contributed by atoms with E-state index in [-0.39, 0.29) is 11.3 Å². The summed E-state index contributed by atoms with van der Waals surface area (Å²) in [5.41, 5.74) is 3.71. The molecule has 2 rings (SSSR count). The molecule has 7 nitrogen and oxygen atoms in total. The third-order valence-electron chi connectivity index (χ3n) is 3.24. The summed E-state index contributed by atoms with van der Waals surface area (Å²) in [6, 6.07) is 11.5. The Labute approximate surface area is 139 Å². The van der Waals surface area contributed by atoms with Gasteiger partial charge in [0.05, 0.1) is 17.7 Å². The van der Waals surface area contributed by atoms with Gasteiger partial charge in [0.2, 0.25) is 0 Å². The highest BCUT2D eigenvalue weighted by Crippen LogP contribution is 2.19. The molecule has 0 fully saturated rings. The zero-order chi connectivity index (χ0) is 17.5. The van der Waals surface area contributed by atoms with E-state index in [9.17, 15) is 14.9 Å². The lowest BCUT2D eigenvalue weighted by molar-refractivity contribution is -0.385. The van der Waals surface area contributed by atoms with Gasteiger partial charge in [0.1, 0.15) is 5.75 Å². The number of carbonyl (C=O) groups excluding carboxylic acids is 1. The Morgan fingerprint density at radius 3 is 2.62 bits per heavy atom. The van der Waals surface area contributed by atoms with E-state index in [0.717, 1.165) is 11.3 Å². The Balaban J connectivity index is 2.02. The standard InChI is InChI=1S/C17H17N3O4/c1-3-24-15-8-5-13(6-9-15)11-18-19-17(21)14-7-4-12(2)16(10-14)20(22)23/h4-11H,3H2,1-2H3,(H,19,21)/b18-11-. The molecule has 0 aliphatic carbocycles. The molecule has 2 aromatic rings. The smallest absolute Gasteiger partial charge is 0.273 e. The predicted molar refractivity (Wildman–Crippen MR) is 90.5 cm³/mol. The molecule has 0 heterocycles. The van der Waals surface area contributed by atoms with Gasteiger partial charge in [-0.2, -0.15) is 5.10 Å². The predicted octanol–water partition coefficient (Wildman–Crippen LogP) is 3.07. The van der Waals surface area contributed by atoms with Crippen LogP contribution in [0.4, 0.5) is 5.69 Å². The van der Waals surface area contributed by atoms with Crippen molar-refractivity contribution in [2.75, 3.05) is 6.61 Å². The molecule has 1 N–H and O–H groups in total. The Bertz CT molecular complexity index is 770. The van der Waals surface area contributed by atoms with Gasteiger partial charge in [0.25, 0.3) is 11.6 Å². The molecule has 0 aliphatic heterocycles. The largest absolute Gasteiger partial charge is 0.494 e. The molecule has 0 unspecified atom stereocenters. The third kappa shape index (κ3) is 4.39. The molecule has 124 valence electrons. The molecular weight excluding hydrogens is 310 g/mol. The molecule has 24 heavy (non-hydrogen) atoms. The summed E-state index contributed by atoms with van der Waals surface area (Å²) in [6.45, 7) is 4.11. The van der Waals surface area contributed by atoms with Gasteiger partial charge in [0, 0.05) is 17.2 Å². The molecule has 7 heteroatoms. The second-order valence-corrected chi connectivity index (χ2v) is 4.96. The van der Waals surface area contributed by atoms with E-state index in [1.54, 1.807) is 31.2 Å². The van der Waals surface area contributed by atoms with Crippen LogP contribution in [0.15, 0.2) is 47.6 Å². The molecule has 0 aromatic heterocycles. The number of carbonyl (C=O) groups is 1. The summed E-state index contributed by atoms with van der Waals surface area (Å²) < 4.78 is 5.33. The number of hydrogen-bond acceptors (Lipinski definition) is 5. The van der Waals surface area contributed by atoms with E-state index in [1.165, 1.54) is 24.4 Å². The summed E-state index contributed by atoms with van der Waals surface area (Å²) in [5, 5.41) is 14.8. The maximum Gasteiger partial charge on any atom is 0.273 e. The average molecular weight is 327 g/mol. The molecule has 1 amide bonds. The number of nitro groups is 1. The van der Waals surface area contributed by atoms with Crippen molar-refractivity contribution in [3.63, 3.8) is 0 Å². The summed E-state index contributed by atoms with van der Waals surface area (Å²) in [4.78, 5) is 22.4. The van der Waals surface area contributed by atoms with Crippen LogP contribution in [-0.4, -0.2) is 23.7 Å². The number of amides is 1. The Kier molecular flexibility index (Phi) is 5.62. The molecule has 0 radical (unpaired) electrons. The van der Waals surface area contributed by atoms with Gasteiger partial charge in [-0.05, 0) is 49.7 Å². The highest BCUT2D eigenvalue weighted by Gasteiger charge is 2.14. The zero-order valence-corrected chi connectivity index (χ0v) is 13.4. The Morgan fingerprint density at radius 1 is 1.29 bits per heavy atom. The van der Waals surface area contributed by atoms with Gasteiger partial charge in [-0.15, -0.1) is 0 Å². The van der Waals surface area contributed by atoms with Gasteiger partial charge in [-0.25, -0.2) is 5.43 Å². The molecule has 0 saturated heterocycles. The van der Waals surface area contributed by atoms with Gasteiger partial charge in [-0.1, -0.05) is 6.07 Å². The molecule has 0 spiro atoms. The first-order chi connectivity index (χ1) is 11.5. The minimum absolute atomic E-state index is 0.0989. The average Bonchev–Trinajstić information content (AvgIpc) is 2.56. The normalized spacial score (nSPS) is 10.6. The molecule has 0 saturated carbocycles. The second kappa shape index (κ2) is 7.87. The topological polar surface area (TPSA) is 93.8 Å². The van der Waals surface area contributed by atoms with Crippen LogP contribution >= 0.6 is 0 Å². The number of benzene rings is 2. The lowest BCUT2D eigenvalue weighted by atomic mass is 10.1. The van der Waals surface area contributed by atoms with Crippen LogP contribution in [0.25, 0.3) is 0 Å². The molecule has 2 aromatic carbocycles. The highest BCUT2D eigenvalue weighted by molar-refractivity contribution is 5.95. The fourth-order valence-electron chi connectivity index (χ4n) is 1.99. The fourth-order valence-corrected chi connectivity index (χ4v) is 1.99. The van der Waals surface area contributed by atoms with Crippen molar-refractivity contribution >= 4 is 17.8 Å². The van der Waals surface area contributed by atoms with Crippen molar-refractivity contribution in [1.29, 1.82) is 0 Å². The van der Waals surface area contributed by atoms with Crippen molar-refractivity contribution in [2.24, 2.45) is 5.10 Å². The first kappa shape index (κ1) is 17.1. The van der Waals surface area contributed by atoms with Crippen molar-refractivity contribution < 1.29 is 14.5 Å². The van der Waals surface area contributed by atoms with E-state index in [1.807, 2.05) is 6.92 Å². The quantitative estimate of drug-likeness (QED) is 0.501. The Hall–Kier alpha value is -3.22. The third-order valence-corrected chi connectivity index (χ3v) is 3.24. The summed E-state index contributed by atoms with van der Waals surface area (Å²) in [6.07, 6.45) is 1.48. The minimum Gasteiger partial charge on any atom is -0.494 e. The first-order valence-electron chi connectivity index (χ1n) is 7.32.